The van der Waals surface area contributed by atoms with Crippen molar-refractivity contribution in [2.75, 3.05) is 12.4 Å². The van der Waals surface area contributed by atoms with Gasteiger partial charge < -0.3 is 9.47 Å². The van der Waals surface area contributed by atoms with E-state index < -0.39 is 0 Å². The molecule has 4 nitrogen and oxygen atoms in total. The fourth-order valence-corrected chi connectivity index (χ4v) is 1.90. The molecule has 5 heteroatoms. The number of nitrogens with zero attached hydrogens (tertiary/aromatic N) is 3. The average Bonchev–Trinajstić information content (AvgIpc) is 2.72. The van der Waals surface area contributed by atoms with Crippen LogP contribution in [0.2, 0.25) is 0 Å². The van der Waals surface area contributed by atoms with Crippen LogP contribution in [-0.2, 0) is 17.9 Å². The summed E-state index contributed by atoms with van der Waals surface area (Å²) in [6, 6.07) is 0. The van der Waals surface area contributed by atoms with E-state index in [9.17, 15) is 4.79 Å². The second-order valence-corrected chi connectivity index (χ2v) is 4.02. The summed E-state index contributed by atoms with van der Waals surface area (Å²) in [5.41, 5.74) is 0. The minimum Gasteiger partial charge on any atom is -0.333 e. The van der Waals surface area contributed by atoms with Gasteiger partial charge in [-0.05, 0) is 6.42 Å². The van der Waals surface area contributed by atoms with Crippen LogP contribution in [0.1, 0.15) is 18.7 Å². The van der Waals surface area contributed by atoms with E-state index in [2.05, 4.69) is 9.55 Å². The van der Waals surface area contributed by atoms with Crippen molar-refractivity contribution < 1.29 is 4.79 Å². The van der Waals surface area contributed by atoms with Gasteiger partial charge in [-0.2, -0.15) is 0 Å². The molecule has 0 aliphatic carbocycles. The minimum atomic E-state index is 0.185. The quantitative estimate of drug-likeness (QED) is 0.729. The van der Waals surface area contributed by atoms with Crippen LogP contribution in [0, 0.1) is 0 Å². The normalized spacial score (nSPS) is 15.1. The molecule has 15 heavy (non-hydrogen) atoms. The Labute approximate surface area is 93.8 Å². The van der Waals surface area contributed by atoms with E-state index >= 15 is 0 Å². The van der Waals surface area contributed by atoms with Crippen LogP contribution in [0.15, 0.2) is 12.4 Å². The topological polar surface area (TPSA) is 38.1 Å². The fraction of sp³-hybridized carbons (Fsp3) is 0.600. The van der Waals surface area contributed by atoms with E-state index in [0.29, 0.717) is 18.8 Å². The summed E-state index contributed by atoms with van der Waals surface area (Å²) in [4.78, 5) is 17.8. The summed E-state index contributed by atoms with van der Waals surface area (Å²) in [7, 11) is 0. The fourth-order valence-electron chi connectivity index (χ4n) is 1.76. The van der Waals surface area contributed by atoms with Gasteiger partial charge in [-0.15, -0.1) is 11.6 Å². The Morgan fingerprint density at radius 1 is 1.53 bits per heavy atom. The molecule has 0 aromatic carbocycles. The van der Waals surface area contributed by atoms with Gasteiger partial charge in [0, 0.05) is 37.8 Å². The predicted molar refractivity (Wildman–Crippen MR) is 57.6 cm³/mol. The second-order valence-electron chi connectivity index (χ2n) is 3.64. The van der Waals surface area contributed by atoms with Crippen molar-refractivity contribution in [1.82, 2.24) is 14.5 Å². The Morgan fingerprint density at radius 2 is 2.40 bits per heavy atom. The molecule has 1 amide bonds. The number of aromatic nitrogens is 2. The van der Waals surface area contributed by atoms with Crippen molar-refractivity contribution in [3.8, 4) is 0 Å². The molecule has 0 bridgehead atoms. The molecule has 0 N–H and O–H groups in total. The molecule has 0 radical (unpaired) electrons. The number of fused-ring (bicyclic) bond motifs is 1. The third kappa shape index (κ3) is 2.31. The SMILES string of the molecule is O=C(CCCCl)N1CCn2ccnc2C1. The lowest BCUT2D eigenvalue weighted by Crippen LogP contribution is -2.38. The maximum atomic E-state index is 11.7. The van der Waals surface area contributed by atoms with Crippen molar-refractivity contribution in [2.45, 2.75) is 25.9 Å². The van der Waals surface area contributed by atoms with Crippen LogP contribution in [0.4, 0.5) is 0 Å². The standard InChI is InChI=1S/C10H14ClN3O/c11-3-1-2-10(15)14-7-6-13-5-4-12-9(13)8-14/h4-5H,1-3,6-8H2. The number of carbonyl (C=O) groups is 1. The first-order chi connectivity index (χ1) is 7.31. The number of halogens is 1. The van der Waals surface area contributed by atoms with Gasteiger partial charge in [0.2, 0.25) is 5.91 Å². The molecule has 1 aliphatic rings. The third-order valence-corrected chi connectivity index (χ3v) is 2.89. The minimum absolute atomic E-state index is 0.185. The van der Waals surface area contributed by atoms with Crippen molar-refractivity contribution in [2.24, 2.45) is 0 Å². The molecule has 82 valence electrons. The van der Waals surface area contributed by atoms with Crippen LogP contribution >= 0.6 is 11.6 Å². The van der Waals surface area contributed by atoms with E-state index in [-0.39, 0.29) is 5.91 Å². The van der Waals surface area contributed by atoms with Crippen molar-refractivity contribution in [1.29, 1.82) is 0 Å². The largest absolute Gasteiger partial charge is 0.333 e. The van der Waals surface area contributed by atoms with Crippen LogP contribution in [0.3, 0.4) is 0 Å². The Hall–Kier alpha value is -1.03. The molecule has 2 rings (SSSR count). The highest BCUT2D eigenvalue weighted by atomic mass is 35.5. The van der Waals surface area contributed by atoms with Gasteiger partial charge in [-0.3, -0.25) is 4.79 Å². The third-order valence-electron chi connectivity index (χ3n) is 2.62. The Bertz CT molecular complexity index is 350. The lowest BCUT2D eigenvalue weighted by atomic mass is 10.2. The highest BCUT2D eigenvalue weighted by molar-refractivity contribution is 6.17. The molecule has 0 spiro atoms. The molecule has 1 aromatic heterocycles. The first-order valence-corrected chi connectivity index (χ1v) is 5.68. The first-order valence-electron chi connectivity index (χ1n) is 5.15. The zero-order chi connectivity index (χ0) is 10.7. The number of alkyl halides is 1. The lowest BCUT2D eigenvalue weighted by molar-refractivity contribution is -0.132. The molecule has 0 atom stereocenters. The summed E-state index contributed by atoms with van der Waals surface area (Å²) in [6.45, 7) is 2.26. The average molecular weight is 228 g/mol. The van der Waals surface area contributed by atoms with Crippen LogP contribution in [0.25, 0.3) is 0 Å². The molecule has 0 saturated heterocycles. The summed E-state index contributed by atoms with van der Waals surface area (Å²) in [6.07, 6.45) is 5.04. The second kappa shape index (κ2) is 4.66. The van der Waals surface area contributed by atoms with Crippen LogP contribution in [0.5, 0.6) is 0 Å². The van der Waals surface area contributed by atoms with Gasteiger partial charge in [0.25, 0.3) is 0 Å². The maximum Gasteiger partial charge on any atom is 0.223 e. The molecule has 0 saturated carbocycles. The number of carbonyl (C=O) groups excluding carboxylic acids is 1. The summed E-state index contributed by atoms with van der Waals surface area (Å²) in [5.74, 6) is 1.71. The molecule has 2 heterocycles. The number of amides is 1. The molecule has 1 aromatic rings. The number of hydrogen-bond acceptors (Lipinski definition) is 2. The molecular weight excluding hydrogens is 214 g/mol. The Morgan fingerprint density at radius 3 is 3.20 bits per heavy atom. The van der Waals surface area contributed by atoms with E-state index in [1.807, 2.05) is 11.1 Å². The van der Waals surface area contributed by atoms with Crippen molar-refractivity contribution in [3.63, 3.8) is 0 Å². The summed E-state index contributed by atoms with van der Waals surface area (Å²) >= 11 is 5.56. The van der Waals surface area contributed by atoms with Gasteiger partial charge in [-0.1, -0.05) is 0 Å². The molecular formula is C10H14ClN3O. The highest BCUT2D eigenvalue weighted by Gasteiger charge is 2.20. The number of imidazole rings is 1. The van der Waals surface area contributed by atoms with Crippen molar-refractivity contribution >= 4 is 17.5 Å². The molecule has 0 unspecified atom stereocenters. The monoisotopic (exact) mass is 227 g/mol. The van der Waals surface area contributed by atoms with Gasteiger partial charge in [-0.25, -0.2) is 4.98 Å². The lowest BCUT2D eigenvalue weighted by Gasteiger charge is -2.27. The Balaban J connectivity index is 1.94. The van der Waals surface area contributed by atoms with Crippen molar-refractivity contribution in [3.05, 3.63) is 18.2 Å². The first kappa shape index (κ1) is 10.5. The van der Waals surface area contributed by atoms with Gasteiger partial charge in [0.05, 0.1) is 6.54 Å². The van der Waals surface area contributed by atoms with Crippen LogP contribution < -0.4 is 0 Å². The highest BCUT2D eigenvalue weighted by Crippen LogP contribution is 2.11. The van der Waals surface area contributed by atoms with E-state index in [4.69, 9.17) is 11.6 Å². The zero-order valence-electron chi connectivity index (χ0n) is 8.53. The smallest absolute Gasteiger partial charge is 0.223 e. The van der Waals surface area contributed by atoms with E-state index in [1.54, 1.807) is 6.20 Å². The maximum absolute atomic E-state index is 11.7. The zero-order valence-corrected chi connectivity index (χ0v) is 9.28. The predicted octanol–water partition coefficient (Wildman–Crippen LogP) is 1.24. The van der Waals surface area contributed by atoms with E-state index in [0.717, 1.165) is 25.3 Å². The van der Waals surface area contributed by atoms with Gasteiger partial charge in [0.1, 0.15) is 5.82 Å². The summed E-state index contributed by atoms with van der Waals surface area (Å²) < 4.78 is 2.09. The number of rotatable bonds is 3. The Kier molecular flexibility index (Phi) is 3.26. The molecule has 1 aliphatic heterocycles. The number of hydrogen-bond donors (Lipinski definition) is 0. The van der Waals surface area contributed by atoms with Crippen LogP contribution in [-0.4, -0.2) is 32.8 Å². The van der Waals surface area contributed by atoms with E-state index in [1.165, 1.54) is 0 Å². The molecule has 0 fully saturated rings. The summed E-state index contributed by atoms with van der Waals surface area (Å²) in [5, 5.41) is 0. The van der Waals surface area contributed by atoms with Gasteiger partial charge >= 0.3 is 0 Å². The van der Waals surface area contributed by atoms with Gasteiger partial charge in [0.15, 0.2) is 0 Å².